The van der Waals surface area contributed by atoms with Gasteiger partial charge in [-0.05, 0) is 25.8 Å². The Hall–Kier alpha value is -0.920. The summed E-state index contributed by atoms with van der Waals surface area (Å²) in [7, 11) is -3.45. The monoisotopic (exact) mass is 272 g/mol. The highest BCUT2D eigenvalue weighted by atomic mass is 32.2. The van der Waals surface area contributed by atoms with Crippen LogP contribution in [-0.4, -0.2) is 31.2 Å². The zero-order chi connectivity index (χ0) is 13.0. The lowest BCUT2D eigenvalue weighted by molar-refractivity contribution is 0.383. The number of hydrogen-bond acceptors (Lipinski definition) is 4. The Morgan fingerprint density at radius 2 is 2.28 bits per heavy atom. The number of aromatic amines is 1. The minimum absolute atomic E-state index is 0.0924. The van der Waals surface area contributed by atoms with Crippen molar-refractivity contribution in [2.24, 2.45) is 0 Å². The number of aromatic nitrogens is 2. The van der Waals surface area contributed by atoms with Gasteiger partial charge in [0, 0.05) is 18.2 Å². The minimum atomic E-state index is -3.45. The van der Waals surface area contributed by atoms with Crippen LogP contribution in [0.5, 0.6) is 0 Å². The number of rotatable bonds is 7. The molecule has 2 rings (SSSR count). The Morgan fingerprint density at radius 1 is 1.50 bits per heavy atom. The summed E-state index contributed by atoms with van der Waals surface area (Å²) >= 11 is 0. The predicted molar refractivity (Wildman–Crippen MR) is 68.5 cm³/mol. The van der Waals surface area contributed by atoms with Crippen LogP contribution < -0.4 is 10.0 Å². The second-order valence-electron chi connectivity index (χ2n) is 4.65. The van der Waals surface area contributed by atoms with Crippen LogP contribution in [0.4, 0.5) is 0 Å². The average molecular weight is 272 g/mol. The van der Waals surface area contributed by atoms with Gasteiger partial charge in [0.15, 0.2) is 5.03 Å². The predicted octanol–water partition coefficient (Wildman–Crippen LogP) is 0.740. The smallest absolute Gasteiger partial charge is 0.258 e. The van der Waals surface area contributed by atoms with E-state index in [0.717, 1.165) is 32.2 Å². The molecule has 0 atom stereocenters. The van der Waals surface area contributed by atoms with Gasteiger partial charge in [0.05, 0.1) is 6.20 Å². The fourth-order valence-corrected chi connectivity index (χ4v) is 3.30. The second kappa shape index (κ2) is 5.81. The van der Waals surface area contributed by atoms with Gasteiger partial charge >= 0.3 is 0 Å². The van der Waals surface area contributed by atoms with E-state index in [-0.39, 0.29) is 11.1 Å². The molecule has 18 heavy (non-hydrogen) atoms. The molecule has 1 aromatic heterocycles. The Morgan fingerprint density at radius 3 is 2.89 bits per heavy atom. The zero-order valence-electron chi connectivity index (χ0n) is 10.6. The van der Waals surface area contributed by atoms with Crippen molar-refractivity contribution in [3.8, 4) is 0 Å². The molecule has 1 heterocycles. The Balaban J connectivity index is 2.04. The summed E-state index contributed by atoms with van der Waals surface area (Å²) < 4.78 is 27.0. The molecule has 7 heteroatoms. The molecule has 0 spiro atoms. The third-order valence-electron chi connectivity index (χ3n) is 3.12. The van der Waals surface area contributed by atoms with Crippen LogP contribution in [0.3, 0.4) is 0 Å². The van der Waals surface area contributed by atoms with E-state index in [1.807, 2.05) is 0 Å². The third-order valence-corrected chi connectivity index (χ3v) is 4.65. The summed E-state index contributed by atoms with van der Waals surface area (Å²) in [6.07, 6.45) is 5.53. The van der Waals surface area contributed by atoms with Crippen LogP contribution in [0.15, 0.2) is 11.2 Å². The van der Waals surface area contributed by atoms with E-state index in [1.165, 1.54) is 0 Å². The van der Waals surface area contributed by atoms with Crippen LogP contribution in [0.1, 0.15) is 38.2 Å². The molecule has 6 nitrogen and oxygen atoms in total. The molecule has 1 aliphatic rings. The van der Waals surface area contributed by atoms with Gasteiger partial charge in [-0.15, -0.1) is 0 Å². The number of hydrogen-bond donors (Lipinski definition) is 3. The van der Waals surface area contributed by atoms with Crippen LogP contribution in [0.2, 0.25) is 0 Å². The van der Waals surface area contributed by atoms with Gasteiger partial charge < -0.3 is 5.32 Å². The lowest BCUT2D eigenvalue weighted by atomic mass is 9.94. The number of nitrogens with one attached hydrogen (secondary N) is 3. The minimum Gasteiger partial charge on any atom is -0.313 e. The lowest BCUT2D eigenvalue weighted by Gasteiger charge is -2.25. The molecule has 3 N–H and O–H groups in total. The summed E-state index contributed by atoms with van der Waals surface area (Å²) in [5.41, 5.74) is 0.690. The average Bonchev–Trinajstić information content (AvgIpc) is 2.73. The van der Waals surface area contributed by atoms with Gasteiger partial charge in [-0.3, -0.25) is 5.10 Å². The van der Waals surface area contributed by atoms with Crippen molar-refractivity contribution in [1.29, 1.82) is 0 Å². The Kier molecular flexibility index (Phi) is 4.36. The molecular weight excluding hydrogens is 252 g/mol. The van der Waals surface area contributed by atoms with Gasteiger partial charge in [-0.25, -0.2) is 13.1 Å². The highest BCUT2D eigenvalue weighted by Crippen LogP contribution is 2.21. The van der Waals surface area contributed by atoms with Crippen molar-refractivity contribution >= 4 is 10.0 Å². The van der Waals surface area contributed by atoms with Crippen LogP contribution in [0, 0.1) is 0 Å². The molecule has 0 aromatic carbocycles. The van der Waals surface area contributed by atoms with Crippen molar-refractivity contribution in [1.82, 2.24) is 20.2 Å². The Labute approximate surface area is 108 Å². The van der Waals surface area contributed by atoms with Crippen molar-refractivity contribution in [2.45, 2.75) is 50.2 Å². The van der Waals surface area contributed by atoms with Crippen LogP contribution in [-0.2, 0) is 16.6 Å². The molecule has 1 saturated carbocycles. The van der Waals surface area contributed by atoms with E-state index in [9.17, 15) is 8.42 Å². The fourth-order valence-electron chi connectivity index (χ4n) is 1.86. The first-order chi connectivity index (χ1) is 8.63. The van der Waals surface area contributed by atoms with Gasteiger partial charge in [0.1, 0.15) is 0 Å². The first-order valence-corrected chi connectivity index (χ1v) is 7.87. The SMILES string of the molecule is CCCNCc1cn[nH]c1S(=O)(=O)NC1CCC1. The van der Waals surface area contributed by atoms with Gasteiger partial charge in [0.2, 0.25) is 0 Å². The highest BCUT2D eigenvalue weighted by molar-refractivity contribution is 7.89. The summed E-state index contributed by atoms with van der Waals surface area (Å²) in [5, 5.41) is 9.79. The summed E-state index contributed by atoms with van der Waals surface area (Å²) in [5.74, 6) is 0. The van der Waals surface area contributed by atoms with Crippen molar-refractivity contribution in [3.05, 3.63) is 11.8 Å². The quantitative estimate of drug-likeness (QED) is 0.639. The first kappa shape index (κ1) is 13.5. The van der Waals surface area contributed by atoms with E-state index in [4.69, 9.17) is 0 Å². The molecular formula is C11H20N4O2S. The van der Waals surface area contributed by atoms with Crippen molar-refractivity contribution in [3.63, 3.8) is 0 Å². The molecule has 1 fully saturated rings. The maximum atomic E-state index is 12.1. The maximum absolute atomic E-state index is 12.1. The highest BCUT2D eigenvalue weighted by Gasteiger charge is 2.27. The summed E-state index contributed by atoms with van der Waals surface area (Å²) in [4.78, 5) is 0. The van der Waals surface area contributed by atoms with E-state index in [0.29, 0.717) is 12.1 Å². The van der Waals surface area contributed by atoms with Gasteiger partial charge in [-0.2, -0.15) is 5.10 Å². The number of H-pyrrole nitrogens is 1. The molecule has 0 bridgehead atoms. The summed E-state index contributed by atoms with van der Waals surface area (Å²) in [6, 6.07) is 0.0924. The first-order valence-electron chi connectivity index (χ1n) is 6.39. The van der Waals surface area contributed by atoms with Crippen LogP contribution >= 0.6 is 0 Å². The molecule has 0 radical (unpaired) electrons. The lowest BCUT2D eigenvalue weighted by Crippen LogP contribution is -2.40. The van der Waals surface area contributed by atoms with Crippen molar-refractivity contribution < 1.29 is 8.42 Å². The number of sulfonamides is 1. The molecule has 0 amide bonds. The fraction of sp³-hybridized carbons (Fsp3) is 0.727. The second-order valence-corrected chi connectivity index (χ2v) is 6.30. The topological polar surface area (TPSA) is 86.9 Å². The van der Waals surface area contributed by atoms with Crippen molar-refractivity contribution in [2.75, 3.05) is 6.54 Å². The standard InChI is InChI=1S/C11H20N4O2S/c1-2-6-12-7-9-8-13-14-11(9)18(16,17)15-10-4-3-5-10/h8,10,12,15H,2-7H2,1H3,(H,13,14). The largest absolute Gasteiger partial charge is 0.313 e. The molecule has 0 saturated heterocycles. The van der Waals surface area contributed by atoms with E-state index < -0.39 is 10.0 Å². The van der Waals surface area contributed by atoms with E-state index in [1.54, 1.807) is 6.20 Å². The Bertz CT molecular complexity index is 479. The van der Waals surface area contributed by atoms with Crippen LogP contribution in [0.25, 0.3) is 0 Å². The molecule has 0 unspecified atom stereocenters. The number of nitrogens with zero attached hydrogens (tertiary/aromatic N) is 1. The molecule has 102 valence electrons. The van der Waals surface area contributed by atoms with E-state index >= 15 is 0 Å². The normalized spacial score (nSPS) is 16.7. The van der Waals surface area contributed by atoms with E-state index in [2.05, 4.69) is 27.2 Å². The maximum Gasteiger partial charge on any atom is 0.258 e. The van der Waals surface area contributed by atoms with Gasteiger partial charge in [0.25, 0.3) is 10.0 Å². The van der Waals surface area contributed by atoms with Gasteiger partial charge in [-0.1, -0.05) is 13.3 Å². The summed E-state index contributed by atoms with van der Waals surface area (Å²) in [6.45, 7) is 3.45. The zero-order valence-corrected chi connectivity index (χ0v) is 11.4. The molecule has 1 aliphatic carbocycles. The molecule has 1 aromatic rings. The third kappa shape index (κ3) is 3.09. The molecule has 0 aliphatic heterocycles.